The molecular weight excluding hydrogens is 284 g/mol. The fourth-order valence-electron chi connectivity index (χ4n) is 1.73. The largest absolute Gasteiger partial charge is 0.496 e. The van der Waals surface area contributed by atoms with E-state index in [1.54, 1.807) is 31.1 Å². The molecule has 1 atom stereocenters. The lowest BCUT2D eigenvalue weighted by molar-refractivity contribution is 0.204. The molecule has 0 bridgehead atoms. The Balaban J connectivity index is 2.46. The lowest BCUT2D eigenvalue weighted by atomic mass is 10.1. The Bertz CT molecular complexity index is 525. The maximum Gasteiger partial charge on any atom is 0.125 e. The van der Waals surface area contributed by atoms with Crippen LogP contribution in [0.5, 0.6) is 5.75 Å². The summed E-state index contributed by atoms with van der Waals surface area (Å²) >= 11 is 3.39. The van der Waals surface area contributed by atoms with Gasteiger partial charge in [-0.05, 0) is 24.3 Å². The minimum absolute atomic E-state index is 0.655. The molecule has 0 fully saturated rings. The molecule has 0 saturated carbocycles. The number of aliphatic hydroxyl groups is 1. The first-order chi connectivity index (χ1) is 8.13. The van der Waals surface area contributed by atoms with Crippen LogP contribution in [0.3, 0.4) is 0 Å². The van der Waals surface area contributed by atoms with E-state index < -0.39 is 6.10 Å². The molecule has 0 aliphatic rings. The molecule has 1 aromatic heterocycles. The Morgan fingerprint density at radius 2 is 2.18 bits per heavy atom. The summed E-state index contributed by atoms with van der Waals surface area (Å²) in [6, 6.07) is 7.32. The van der Waals surface area contributed by atoms with Gasteiger partial charge in [-0.1, -0.05) is 15.9 Å². The minimum Gasteiger partial charge on any atom is -0.496 e. The number of nitrogens with zero attached hydrogens (tertiary/aromatic N) is 2. The number of benzene rings is 1. The van der Waals surface area contributed by atoms with Gasteiger partial charge in [0, 0.05) is 23.3 Å². The van der Waals surface area contributed by atoms with Crippen molar-refractivity contribution in [2.45, 2.75) is 6.10 Å². The smallest absolute Gasteiger partial charge is 0.125 e. The van der Waals surface area contributed by atoms with Crippen LogP contribution >= 0.6 is 15.9 Å². The minimum atomic E-state index is -0.755. The topological polar surface area (TPSA) is 47.3 Å². The predicted molar refractivity (Wildman–Crippen MR) is 68.0 cm³/mol. The lowest BCUT2D eigenvalue weighted by Crippen LogP contribution is -2.08. The van der Waals surface area contributed by atoms with E-state index in [1.165, 1.54) is 0 Å². The second kappa shape index (κ2) is 4.89. The molecule has 1 heterocycles. The number of aliphatic hydroxyl groups excluding tert-OH is 1. The first-order valence-electron chi connectivity index (χ1n) is 5.13. The van der Waals surface area contributed by atoms with Crippen molar-refractivity contribution in [2.75, 3.05) is 7.11 Å². The average molecular weight is 297 g/mol. The number of ether oxygens (including phenoxy) is 1. The van der Waals surface area contributed by atoms with Crippen LogP contribution in [-0.2, 0) is 7.05 Å². The molecule has 2 aromatic rings. The molecule has 1 unspecified atom stereocenters. The molecule has 0 amide bonds. The number of aryl methyl sites for hydroxylation is 1. The Labute approximate surface area is 108 Å². The van der Waals surface area contributed by atoms with Crippen LogP contribution in [0.4, 0.5) is 0 Å². The normalized spacial score (nSPS) is 12.5. The van der Waals surface area contributed by atoms with Crippen LogP contribution < -0.4 is 4.74 Å². The van der Waals surface area contributed by atoms with Crippen molar-refractivity contribution < 1.29 is 9.84 Å². The Kier molecular flexibility index (Phi) is 3.49. The van der Waals surface area contributed by atoms with E-state index in [4.69, 9.17) is 4.74 Å². The quantitative estimate of drug-likeness (QED) is 0.945. The van der Waals surface area contributed by atoms with E-state index in [2.05, 4.69) is 21.0 Å². The Hall–Kier alpha value is -1.33. The molecule has 4 nitrogen and oxygen atoms in total. The van der Waals surface area contributed by atoms with Gasteiger partial charge in [-0.3, -0.25) is 4.68 Å². The summed E-state index contributed by atoms with van der Waals surface area (Å²) in [5.41, 5.74) is 1.44. The van der Waals surface area contributed by atoms with E-state index in [9.17, 15) is 5.11 Å². The second-order valence-electron chi connectivity index (χ2n) is 3.67. The standard InChI is InChI=1S/C12H13BrN2O2/c1-15-10(5-6-14-15)12(16)9-7-8(13)3-4-11(9)17-2/h3-7,12,16H,1-2H3. The van der Waals surface area contributed by atoms with Crippen molar-refractivity contribution in [3.63, 3.8) is 0 Å². The fourth-order valence-corrected chi connectivity index (χ4v) is 2.11. The Morgan fingerprint density at radius 3 is 2.76 bits per heavy atom. The third kappa shape index (κ3) is 2.35. The van der Waals surface area contributed by atoms with Gasteiger partial charge in [-0.25, -0.2) is 0 Å². The van der Waals surface area contributed by atoms with Gasteiger partial charge in [-0.15, -0.1) is 0 Å². The fraction of sp³-hybridized carbons (Fsp3) is 0.250. The molecule has 90 valence electrons. The van der Waals surface area contributed by atoms with Crippen LogP contribution in [-0.4, -0.2) is 22.0 Å². The number of halogens is 1. The van der Waals surface area contributed by atoms with Crippen LogP contribution in [0, 0.1) is 0 Å². The van der Waals surface area contributed by atoms with Gasteiger partial charge in [0.2, 0.25) is 0 Å². The highest BCUT2D eigenvalue weighted by atomic mass is 79.9. The third-order valence-electron chi connectivity index (χ3n) is 2.63. The highest BCUT2D eigenvalue weighted by molar-refractivity contribution is 9.10. The summed E-state index contributed by atoms with van der Waals surface area (Å²) in [6.45, 7) is 0. The van der Waals surface area contributed by atoms with Crippen LogP contribution in [0.2, 0.25) is 0 Å². The second-order valence-corrected chi connectivity index (χ2v) is 4.58. The molecule has 5 heteroatoms. The number of hydrogen-bond acceptors (Lipinski definition) is 3. The number of hydrogen-bond donors (Lipinski definition) is 1. The maximum absolute atomic E-state index is 10.3. The third-order valence-corrected chi connectivity index (χ3v) is 3.12. The van der Waals surface area contributed by atoms with Gasteiger partial charge < -0.3 is 9.84 Å². The zero-order chi connectivity index (χ0) is 12.4. The molecule has 0 spiro atoms. The summed E-state index contributed by atoms with van der Waals surface area (Å²) < 4.78 is 7.79. The first-order valence-corrected chi connectivity index (χ1v) is 5.92. The predicted octanol–water partition coefficient (Wildman–Crippen LogP) is 2.27. The van der Waals surface area contributed by atoms with E-state index in [1.807, 2.05) is 18.2 Å². The van der Waals surface area contributed by atoms with Crippen LogP contribution in [0.25, 0.3) is 0 Å². The van der Waals surface area contributed by atoms with Gasteiger partial charge in [0.05, 0.1) is 12.8 Å². The summed E-state index contributed by atoms with van der Waals surface area (Å²) in [5, 5.41) is 14.4. The number of aromatic nitrogens is 2. The summed E-state index contributed by atoms with van der Waals surface area (Å²) in [7, 11) is 3.38. The van der Waals surface area contributed by atoms with Crippen molar-refractivity contribution in [1.29, 1.82) is 0 Å². The summed E-state index contributed by atoms with van der Waals surface area (Å²) in [5.74, 6) is 0.655. The van der Waals surface area contributed by atoms with Gasteiger partial charge in [-0.2, -0.15) is 5.10 Å². The van der Waals surface area contributed by atoms with Crippen molar-refractivity contribution in [2.24, 2.45) is 7.05 Å². The van der Waals surface area contributed by atoms with Gasteiger partial charge in [0.25, 0.3) is 0 Å². The van der Waals surface area contributed by atoms with Crippen molar-refractivity contribution in [3.05, 3.63) is 46.2 Å². The van der Waals surface area contributed by atoms with Crippen molar-refractivity contribution in [1.82, 2.24) is 9.78 Å². The lowest BCUT2D eigenvalue weighted by Gasteiger charge is -2.15. The highest BCUT2D eigenvalue weighted by Gasteiger charge is 2.18. The summed E-state index contributed by atoms with van der Waals surface area (Å²) in [6.07, 6.45) is 0.901. The molecule has 0 radical (unpaired) electrons. The molecular formula is C12H13BrN2O2. The Morgan fingerprint density at radius 1 is 1.41 bits per heavy atom. The van der Waals surface area contributed by atoms with Crippen LogP contribution in [0.1, 0.15) is 17.4 Å². The molecule has 1 aromatic carbocycles. The van der Waals surface area contributed by atoms with E-state index >= 15 is 0 Å². The molecule has 0 aliphatic heterocycles. The molecule has 0 aliphatic carbocycles. The van der Waals surface area contributed by atoms with Gasteiger partial charge >= 0.3 is 0 Å². The molecule has 0 saturated heterocycles. The SMILES string of the molecule is COc1ccc(Br)cc1C(O)c1ccnn1C. The van der Waals surface area contributed by atoms with Crippen LogP contribution in [0.15, 0.2) is 34.9 Å². The maximum atomic E-state index is 10.3. The zero-order valence-corrected chi connectivity index (χ0v) is 11.2. The average Bonchev–Trinajstić information content (AvgIpc) is 2.74. The monoisotopic (exact) mass is 296 g/mol. The van der Waals surface area contributed by atoms with Gasteiger partial charge in [0.15, 0.2) is 0 Å². The molecule has 17 heavy (non-hydrogen) atoms. The van der Waals surface area contributed by atoms with E-state index in [0.29, 0.717) is 11.3 Å². The first kappa shape index (κ1) is 12.1. The molecule has 2 rings (SSSR count). The summed E-state index contributed by atoms with van der Waals surface area (Å²) in [4.78, 5) is 0. The number of methoxy groups -OCH3 is 1. The van der Waals surface area contributed by atoms with Crippen molar-refractivity contribution >= 4 is 15.9 Å². The van der Waals surface area contributed by atoms with Gasteiger partial charge in [0.1, 0.15) is 11.9 Å². The number of rotatable bonds is 3. The van der Waals surface area contributed by atoms with Crippen molar-refractivity contribution in [3.8, 4) is 5.75 Å². The molecule has 1 N–H and O–H groups in total. The van der Waals surface area contributed by atoms with E-state index in [0.717, 1.165) is 10.2 Å². The highest BCUT2D eigenvalue weighted by Crippen LogP contribution is 2.31. The zero-order valence-electron chi connectivity index (χ0n) is 9.59. The van der Waals surface area contributed by atoms with E-state index in [-0.39, 0.29) is 0 Å².